The molecule has 2 atom stereocenters. The molecule has 1 N–H and O–H groups in total. The Labute approximate surface area is 186 Å². The maximum atomic E-state index is 5.70. The number of benzene rings is 1. The van der Waals surface area contributed by atoms with Crippen LogP contribution in [-0.4, -0.2) is 74.1 Å². The van der Waals surface area contributed by atoms with E-state index in [1.807, 2.05) is 12.1 Å². The fourth-order valence-electron chi connectivity index (χ4n) is 4.44. The van der Waals surface area contributed by atoms with Gasteiger partial charge in [0.25, 0.3) is 0 Å². The number of morpholine rings is 1. The predicted octanol–water partition coefficient (Wildman–Crippen LogP) is 3.52. The summed E-state index contributed by atoms with van der Waals surface area (Å²) in [4.78, 5) is 12.8. The van der Waals surface area contributed by atoms with Gasteiger partial charge in [0, 0.05) is 43.1 Å². The third-order valence-corrected chi connectivity index (χ3v) is 7.37. The number of methoxy groups -OCH3 is 1. The van der Waals surface area contributed by atoms with Crippen molar-refractivity contribution in [1.29, 1.82) is 0 Å². The molecule has 31 heavy (non-hydrogen) atoms. The van der Waals surface area contributed by atoms with Crippen LogP contribution in [-0.2, 0) is 9.47 Å². The molecule has 2 aromatic heterocycles. The molecule has 4 heterocycles. The molecule has 0 bridgehead atoms. The van der Waals surface area contributed by atoms with Gasteiger partial charge in [-0.2, -0.15) is 0 Å². The van der Waals surface area contributed by atoms with Crippen molar-refractivity contribution in [1.82, 2.24) is 14.9 Å². The quantitative estimate of drug-likeness (QED) is 0.603. The van der Waals surface area contributed by atoms with E-state index < -0.39 is 0 Å². The summed E-state index contributed by atoms with van der Waals surface area (Å²) in [6, 6.07) is 10.7. The number of ether oxygens (including phenoxy) is 3. The van der Waals surface area contributed by atoms with Gasteiger partial charge in [0.2, 0.25) is 0 Å². The van der Waals surface area contributed by atoms with Gasteiger partial charge >= 0.3 is 0 Å². The first-order valence-electron chi connectivity index (χ1n) is 10.8. The van der Waals surface area contributed by atoms with E-state index in [4.69, 9.17) is 14.2 Å². The molecule has 2 aliphatic rings. The lowest BCUT2D eigenvalue weighted by atomic mass is 9.97. The van der Waals surface area contributed by atoms with E-state index in [0.29, 0.717) is 12.0 Å². The van der Waals surface area contributed by atoms with Crippen molar-refractivity contribution in [2.75, 3.05) is 58.5 Å². The van der Waals surface area contributed by atoms with Gasteiger partial charge in [-0.25, -0.2) is 9.97 Å². The minimum absolute atomic E-state index is 0.414. The topological polar surface area (TPSA) is 68.7 Å². The Morgan fingerprint density at radius 3 is 2.74 bits per heavy atom. The maximum Gasteiger partial charge on any atom is 0.147 e. The zero-order valence-corrected chi connectivity index (χ0v) is 18.6. The summed E-state index contributed by atoms with van der Waals surface area (Å²) in [6.45, 7) is 6.10. The summed E-state index contributed by atoms with van der Waals surface area (Å²) in [5.41, 5.74) is 2.13. The van der Waals surface area contributed by atoms with Crippen LogP contribution in [0.3, 0.4) is 0 Å². The first-order chi connectivity index (χ1) is 15.3. The zero-order valence-electron chi connectivity index (χ0n) is 17.8. The Morgan fingerprint density at radius 2 is 2.00 bits per heavy atom. The highest BCUT2D eigenvalue weighted by Crippen LogP contribution is 2.36. The fraction of sp³-hybridized carbons (Fsp3) is 0.478. The molecule has 3 aromatic rings. The second-order valence-electron chi connectivity index (χ2n) is 8.00. The average Bonchev–Trinajstić information content (AvgIpc) is 3.51. The first-order valence-corrected chi connectivity index (χ1v) is 11.7. The molecule has 0 aliphatic carbocycles. The van der Waals surface area contributed by atoms with E-state index in [1.54, 1.807) is 24.8 Å². The van der Waals surface area contributed by atoms with Crippen LogP contribution in [0.25, 0.3) is 20.7 Å². The van der Waals surface area contributed by atoms with Crippen molar-refractivity contribution in [3.05, 3.63) is 36.7 Å². The summed E-state index contributed by atoms with van der Waals surface area (Å²) < 4.78 is 17.6. The van der Waals surface area contributed by atoms with Gasteiger partial charge in [0.1, 0.15) is 17.9 Å². The minimum Gasteiger partial charge on any atom is -0.497 e. The van der Waals surface area contributed by atoms with Crippen LogP contribution >= 0.6 is 11.3 Å². The van der Waals surface area contributed by atoms with Gasteiger partial charge in [-0.1, -0.05) is 0 Å². The standard InChI is InChI=1S/C23H28N4O3S/c1-28-18-4-2-16(3-5-18)21-12-19-22(31-21)23(26-15-25-19)24-13-20(17-6-9-30-14-17)27-7-10-29-11-8-27/h2-5,12,15,17,20H,6-11,13-14H2,1H3,(H,24,25,26)/t17-,20+/m1/s1. The third kappa shape index (κ3) is 4.52. The number of hydrogen-bond donors (Lipinski definition) is 1. The van der Waals surface area contributed by atoms with Gasteiger partial charge in [0.15, 0.2) is 0 Å². The normalized spacial score (nSPS) is 20.7. The minimum atomic E-state index is 0.414. The predicted molar refractivity (Wildman–Crippen MR) is 123 cm³/mol. The molecule has 7 nitrogen and oxygen atoms in total. The maximum absolute atomic E-state index is 5.70. The second kappa shape index (κ2) is 9.48. The number of hydrogen-bond acceptors (Lipinski definition) is 8. The molecule has 1 aromatic carbocycles. The first kappa shape index (κ1) is 20.6. The second-order valence-corrected chi connectivity index (χ2v) is 9.05. The number of rotatable bonds is 7. The number of thiophene rings is 1. The van der Waals surface area contributed by atoms with E-state index in [2.05, 4.69) is 38.4 Å². The van der Waals surface area contributed by atoms with Crippen LogP contribution in [0.2, 0.25) is 0 Å². The lowest BCUT2D eigenvalue weighted by Gasteiger charge is -2.37. The van der Waals surface area contributed by atoms with E-state index in [0.717, 1.165) is 79.8 Å². The number of fused-ring (bicyclic) bond motifs is 1. The Hall–Kier alpha value is -2.26. The Bertz CT molecular complexity index is 998. The monoisotopic (exact) mass is 440 g/mol. The summed E-state index contributed by atoms with van der Waals surface area (Å²) >= 11 is 1.72. The summed E-state index contributed by atoms with van der Waals surface area (Å²) in [6.07, 6.45) is 2.76. The third-order valence-electron chi connectivity index (χ3n) is 6.19. The molecule has 0 unspecified atom stereocenters. The molecule has 164 valence electrons. The van der Waals surface area contributed by atoms with Crippen LogP contribution in [0.4, 0.5) is 5.82 Å². The van der Waals surface area contributed by atoms with E-state index >= 15 is 0 Å². The van der Waals surface area contributed by atoms with Crippen molar-refractivity contribution in [2.24, 2.45) is 5.92 Å². The van der Waals surface area contributed by atoms with Crippen LogP contribution in [0.15, 0.2) is 36.7 Å². The number of nitrogens with one attached hydrogen (secondary N) is 1. The van der Waals surface area contributed by atoms with Crippen molar-refractivity contribution in [2.45, 2.75) is 12.5 Å². The highest BCUT2D eigenvalue weighted by atomic mass is 32.1. The van der Waals surface area contributed by atoms with E-state index in [1.165, 1.54) is 4.88 Å². The molecule has 8 heteroatoms. The Balaban J connectivity index is 1.36. The summed E-state index contributed by atoms with van der Waals surface area (Å²) in [5.74, 6) is 2.31. The highest BCUT2D eigenvalue weighted by molar-refractivity contribution is 7.22. The molecule has 5 rings (SSSR count). The SMILES string of the molecule is COc1ccc(-c2cc3ncnc(NC[C@@H]([C@@H]4CCOC4)N4CCOCC4)c3s2)cc1. The highest BCUT2D eigenvalue weighted by Gasteiger charge is 2.31. The van der Waals surface area contributed by atoms with Crippen molar-refractivity contribution in [3.63, 3.8) is 0 Å². The van der Waals surface area contributed by atoms with Crippen LogP contribution in [0.1, 0.15) is 6.42 Å². The van der Waals surface area contributed by atoms with Gasteiger partial charge < -0.3 is 19.5 Å². The average molecular weight is 441 g/mol. The molecule has 2 aliphatic heterocycles. The van der Waals surface area contributed by atoms with Gasteiger partial charge in [-0.15, -0.1) is 11.3 Å². The molecular weight excluding hydrogens is 412 g/mol. The molecule has 0 radical (unpaired) electrons. The van der Waals surface area contributed by atoms with Crippen molar-refractivity contribution >= 4 is 27.4 Å². The summed E-state index contributed by atoms with van der Waals surface area (Å²) in [7, 11) is 1.68. The van der Waals surface area contributed by atoms with Gasteiger partial charge in [-0.3, -0.25) is 4.90 Å². The van der Waals surface area contributed by atoms with Crippen LogP contribution in [0.5, 0.6) is 5.75 Å². The van der Waals surface area contributed by atoms with Gasteiger partial charge in [0.05, 0.1) is 37.1 Å². The lowest BCUT2D eigenvalue weighted by Crippen LogP contribution is -2.50. The lowest BCUT2D eigenvalue weighted by molar-refractivity contribution is 0.00460. The molecule has 2 fully saturated rings. The van der Waals surface area contributed by atoms with Crippen LogP contribution < -0.4 is 10.1 Å². The fourth-order valence-corrected chi connectivity index (χ4v) is 5.52. The molecule has 0 amide bonds. The number of anilines is 1. The van der Waals surface area contributed by atoms with Crippen LogP contribution in [0, 0.1) is 5.92 Å². The van der Waals surface area contributed by atoms with E-state index in [-0.39, 0.29) is 0 Å². The molecule has 0 saturated carbocycles. The zero-order chi connectivity index (χ0) is 21.0. The Morgan fingerprint density at radius 1 is 1.16 bits per heavy atom. The summed E-state index contributed by atoms with van der Waals surface area (Å²) in [5, 5.41) is 3.65. The van der Waals surface area contributed by atoms with E-state index in [9.17, 15) is 0 Å². The number of nitrogens with zero attached hydrogens (tertiary/aromatic N) is 3. The molecular formula is C23H28N4O3S. The van der Waals surface area contributed by atoms with Crippen molar-refractivity contribution in [3.8, 4) is 16.2 Å². The smallest absolute Gasteiger partial charge is 0.147 e. The number of aromatic nitrogens is 2. The largest absolute Gasteiger partial charge is 0.497 e. The van der Waals surface area contributed by atoms with Gasteiger partial charge in [-0.05, 0) is 42.3 Å². The van der Waals surface area contributed by atoms with Crippen molar-refractivity contribution < 1.29 is 14.2 Å². The molecule has 0 spiro atoms. The Kier molecular flexibility index (Phi) is 6.31. The molecule has 2 saturated heterocycles.